The van der Waals surface area contributed by atoms with Crippen LogP contribution in [0.25, 0.3) is 0 Å². The first-order valence-electron chi connectivity index (χ1n) is 7.77. The van der Waals surface area contributed by atoms with Gasteiger partial charge in [0.2, 0.25) is 0 Å². The molecule has 0 fully saturated rings. The van der Waals surface area contributed by atoms with Gasteiger partial charge in [-0.2, -0.15) is 0 Å². The van der Waals surface area contributed by atoms with Crippen molar-refractivity contribution in [3.63, 3.8) is 0 Å². The molecule has 2 N–H and O–H groups in total. The lowest BCUT2D eigenvalue weighted by atomic mass is 10.1. The number of anilines is 1. The molecule has 3 rings (SSSR count). The zero-order valence-electron chi connectivity index (χ0n) is 13.7. The van der Waals surface area contributed by atoms with Crippen LogP contribution in [0.15, 0.2) is 60.9 Å². The molecule has 126 valence electrons. The lowest BCUT2D eigenvalue weighted by molar-refractivity contribution is 0.0950. The van der Waals surface area contributed by atoms with E-state index in [0.717, 1.165) is 4.88 Å². The summed E-state index contributed by atoms with van der Waals surface area (Å²) in [6.07, 6.45) is 3.10. The molecule has 5 nitrogen and oxygen atoms in total. The van der Waals surface area contributed by atoms with E-state index >= 15 is 0 Å². The molecule has 0 saturated carbocycles. The molecule has 0 unspecified atom stereocenters. The Labute approximate surface area is 149 Å². The molecule has 0 aliphatic carbocycles. The molecule has 25 heavy (non-hydrogen) atoms. The second-order valence-electron chi connectivity index (χ2n) is 5.47. The van der Waals surface area contributed by atoms with E-state index in [1.54, 1.807) is 53.9 Å². The minimum absolute atomic E-state index is 0.177. The van der Waals surface area contributed by atoms with E-state index < -0.39 is 0 Å². The Balaban J connectivity index is 1.64. The molecule has 0 radical (unpaired) electrons. The number of thiophene rings is 1. The van der Waals surface area contributed by atoms with Gasteiger partial charge in [0.15, 0.2) is 0 Å². The number of nitrogens with zero attached hydrogens (tertiary/aromatic N) is 1. The van der Waals surface area contributed by atoms with Gasteiger partial charge in [0.05, 0.1) is 12.1 Å². The summed E-state index contributed by atoms with van der Waals surface area (Å²) in [7, 11) is 0. The van der Waals surface area contributed by atoms with E-state index in [2.05, 4.69) is 15.6 Å². The third-order valence-corrected chi connectivity index (χ3v) is 4.53. The van der Waals surface area contributed by atoms with E-state index in [1.807, 2.05) is 19.1 Å². The maximum Gasteiger partial charge on any atom is 0.257 e. The second kappa shape index (κ2) is 7.72. The normalized spacial score (nSPS) is 10.3. The molecule has 2 heterocycles. The molecular weight excluding hydrogens is 334 g/mol. The van der Waals surface area contributed by atoms with Crippen molar-refractivity contribution in [2.24, 2.45) is 0 Å². The summed E-state index contributed by atoms with van der Waals surface area (Å²) >= 11 is 1.66. The van der Waals surface area contributed by atoms with Crippen LogP contribution < -0.4 is 10.6 Å². The predicted octanol–water partition coefficient (Wildman–Crippen LogP) is 3.63. The van der Waals surface area contributed by atoms with Crippen molar-refractivity contribution >= 4 is 28.8 Å². The Kier molecular flexibility index (Phi) is 5.20. The molecule has 0 spiro atoms. The number of aromatic nitrogens is 1. The average molecular weight is 351 g/mol. The minimum Gasteiger partial charge on any atom is -0.347 e. The Morgan fingerprint density at radius 2 is 1.88 bits per heavy atom. The Morgan fingerprint density at radius 3 is 2.60 bits per heavy atom. The lowest BCUT2D eigenvalue weighted by Gasteiger charge is -2.08. The zero-order valence-corrected chi connectivity index (χ0v) is 14.5. The van der Waals surface area contributed by atoms with Gasteiger partial charge in [0.25, 0.3) is 11.8 Å². The van der Waals surface area contributed by atoms with Crippen molar-refractivity contribution in [3.05, 3.63) is 81.8 Å². The van der Waals surface area contributed by atoms with Crippen molar-refractivity contribution in [2.45, 2.75) is 13.5 Å². The summed E-state index contributed by atoms with van der Waals surface area (Å²) in [4.78, 5) is 30.7. The Morgan fingerprint density at radius 1 is 1.04 bits per heavy atom. The van der Waals surface area contributed by atoms with E-state index in [4.69, 9.17) is 0 Å². The maximum atomic E-state index is 12.3. The van der Waals surface area contributed by atoms with Gasteiger partial charge in [-0.15, -0.1) is 11.3 Å². The quantitative estimate of drug-likeness (QED) is 0.737. The Hall–Kier alpha value is -2.99. The van der Waals surface area contributed by atoms with Crippen LogP contribution in [0.2, 0.25) is 0 Å². The molecular formula is C19H17N3O2S. The summed E-state index contributed by atoms with van der Waals surface area (Å²) in [5.41, 5.74) is 1.52. The fraction of sp³-hybridized carbons (Fsp3) is 0.105. The molecule has 1 aromatic carbocycles. The topological polar surface area (TPSA) is 71.1 Å². The molecule has 6 heteroatoms. The number of carbonyl (C=O) groups excluding carboxylic acids is 2. The smallest absolute Gasteiger partial charge is 0.257 e. The summed E-state index contributed by atoms with van der Waals surface area (Å²) in [5, 5.41) is 5.66. The van der Waals surface area contributed by atoms with Crippen LogP contribution >= 0.6 is 11.3 Å². The minimum atomic E-state index is -0.264. The third-order valence-electron chi connectivity index (χ3n) is 3.53. The average Bonchev–Trinajstić information content (AvgIpc) is 3.06. The van der Waals surface area contributed by atoms with Crippen molar-refractivity contribution in [1.82, 2.24) is 10.3 Å². The molecule has 0 atom stereocenters. The number of pyridine rings is 1. The highest BCUT2D eigenvalue weighted by molar-refractivity contribution is 7.11. The molecule has 2 amide bonds. The van der Waals surface area contributed by atoms with Gasteiger partial charge >= 0.3 is 0 Å². The number of hydrogen-bond acceptors (Lipinski definition) is 4. The molecule has 2 aromatic heterocycles. The monoisotopic (exact) mass is 351 g/mol. The first-order chi connectivity index (χ1) is 12.1. The highest BCUT2D eigenvalue weighted by atomic mass is 32.1. The predicted molar refractivity (Wildman–Crippen MR) is 98.9 cm³/mol. The fourth-order valence-electron chi connectivity index (χ4n) is 2.29. The zero-order chi connectivity index (χ0) is 17.6. The molecule has 3 aromatic rings. The van der Waals surface area contributed by atoms with Crippen LogP contribution in [0.1, 0.15) is 30.5 Å². The number of hydrogen-bond donors (Lipinski definition) is 2. The van der Waals surface area contributed by atoms with Crippen LogP contribution in [0.4, 0.5) is 5.69 Å². The molecule has 0 aliphatic rings. The second-order valence-corrected chi connectivity index (χ2v) is 6.84. The summed E-state index contributed by atoms with van der Waals surface area (Å²) in [5.74, 6) is -0.441. The van der Waals surface area contributed by atoms with Gasteiger partial charge in [-0.3, -0.25) is 14.6 Å². The van der Waals surface area contributed by atoms with E-state index in [0.29, 0.717) is 23.4 Å². The third kappa shape index (κ3) is 4.51. The number of carbonyl (C=O) groups is 2. The number of rotatable bonds is 5. The Bertz CT molecular complexity index is 890. The fourth-order valence-corrected chi connectivity index (χ4v) is 3.12. The van der Waals surface area contributed by atoms with Crippen LogP contribution in [0.5, 0.6) is 0 Å². The van der Waals surface area contributed by atoms with Crippen molar-refractivity contribution < 1.29 is 9.59 Å². The maximum absolute atomic E-state index is 12.3. The number of nitrogens with one attached hydrogen (secondary N) is 2. The SMILES string of the molecule is Cc1ccc(CNC(=O)c2cccc(NC(=O)c3cccnc3)c2)s1. The van der Waals surface area contributed by atoms with Gasteiger partial charge in [-0.05, 0) is 49.4 Å². The van der Waals surface area contributed by atoms with Crippen LogP contribution in [0.3, 0.4) is 0 Å². The van der Waals surface area contributed by atoms with Gasteiger partial charge in [-0.25, -0.2) is 0 Å². The number of amides is 2. The first kappa shape index (κ1) is 16.9. The first-order valence-corrected chi connectivity index (χ1v) is 8.58. The summed E-state index contributed by atoms with van der Waals surface area (Å²) in [6.45, 7) is 2.52. The van der Waals surface area contributed by atoms with Gasteiger partial charge < -0.3 is 10.6 Å². The van der Waals surface area contributed by atoms with Crippen LogP contribution in [0, 0.1) is 6.92 Å². The van der Waals surface area contributed by atoms with Crippen LogP contribution in [-0.2, 0) is 6.54 Å². The van der Waals surface area contributed by atoms with Crippen molar-refractivity contribution in [2.75, 3.05) is 5.32 Å². The van der Waals surface area contributed by atoms with E-state index in [9.17, 15) is 9.59 Å². The molecule has 0 aliphatic heterocycles. The highest BCUT2D eigenvalue weighted by Gasteiger charge is 2.09. The van der Waals surface area contributed by atoms with Gasteiger partial charge in [0.1, 0.15) is 0 Å². The largest absolute Gasteiger partial charge is 0.347 e. The number of benzene rings is 1. The summed E-state index contributed by atoms with van der Waals surface area (Å²) in [6, 6.07) is 14.3. The highest BCUT2D eigenvalue weighted by Crippen LogP contribution is 2.16. The van der Waals surface area contributed by atoms with Gasteiger partial charge in [0, 0.05) is 33.4 Å². The van der Waals surface area contributed by atoms with Crippen LogP contribution in [-0.4, -0.2) is 16.8 Å². The van der Waals surface area contributed by atoms with Crippen molar-refractivity contribution in [3.8, 4) is 0 Å². The van der Waals surface area contributed by atoms with Gasteiger partial charge in [-0.1, -0.05) is 6.07 Å². The van der Waals surface area contributed by atoms with E-state index in [-0.39, 0.29) is 11.8 Å². The molecule has 0 saturated heterocycles. The molecule has 0 bridgehead atoms. The van der Waals surface area contributed by atoms with Crippen molar-refractivity contribution in [1.29, 1.82) is 0 Å². The number of aryl methyl sites for hydroxylation is 1. The lowest BCUT2D eigenvalue weighted by Crippen LogP contribution is -2.22. The van der Waals surface area contributed by atoms with E-state index in [1.165, 1.54) is 11.1 Å². The summed E-state index contributed by atoms with van der Waals surface area (Å²) < 4.78 is 0. The standard InChI is InChI=1S/C19H17N3O2S/c1-13-7-8-17(25-13)12-21-18(23)14-4-2-6-16(10-14)22-19(24)15-5-3-9-20-11-15/h2-11H,12H2,1H3,(H,21,23)(H,22,24).